The molecule has 1 aliphatic heterocycles. The van der Waals surface area contributed by atoms with Crippen molar-refractivity contribution in [1.82, 2.24) is 9.97 Å². The fraction of sp³-hybridized carbons (Fsp3) is 0.467. The Morgan fingerprint density at radius 1 is 1.54 bits per heavy atom. The molecule has 0 amide bonds. The molecule has 0 saturated carbocycles. The predicted molar refractivity (Wildman–Crippen MR) is 98.7 cm³/mol. The van der Waals surface area contributed by atoms with Crippen LogP contribution in [0.3, 0.4) is 0 Å². The third kappa shape index (κ3) is 5.69. The minimum absolute atomic E-state index is 0.0595. The van der Waals surface area contributed by atoms with E-state index in [0.717, 1.165) is 0 Å². The summed E-state index contributed by atoms with van der Waals surface area (Å²) < 4.78 is 22.1. The Morgan fingerprint density at radius 3 is 2.96 bits per heavy atom. The van der Waals surface area contributed by atoms with E-state index in [-0.39, 0.29) is 6.61 Å². The van der Waals surface area contributed by atoms with Crippen LogP contribution < -0.4 is 11.0 Å². The van der Waals surface area contributed by atoms with Crippen molar-refractivity contribution in [2.45, 2.75) is 31.8 Å². The van der Waals surface area contributed by atoms with Crippen LogP contribution in [0, 0.1) is 0 Å². The minimum Gasteiger partial charge on any atom is -0.458 e. The molecular weight excluding hydrogens is 461 g/mol. The molecule has 0 spiro atoms. The third-order valence-electron chi connectivity index (χ3n) is 3.41. The van der Waals surface area contributed by atoms with Crippen molar-refractivity contribution in [1.29, 1.82) is 0 Å². The number of ether oxygens (including phenoxy) is 4. The van der Waals surface area contributed by atoms with Gasteiger partial charge in [0.2, 0.25) is 0 Å². The van der Waals surface area contributed by atoms with Crippen LogP contribution in [0.2, 0.25) is 0 Å². The molecule has 1 aromatic rings. The van der Waals surface area contributed by atoms with Crippen LogP contribution in [0.5, 0.6) is 0 Å². The molecule has 2 heterocycles. The Labute approximate surface area is 162 Å². The number of hydrogen-bond acceptors (Lipinski definition) is 9. The average Bonchev–Trinajstić information content (AvgIpc) is 2.96. The van der Waals surface area contributed by atoms with E-state index in [4.69, 9.17) is 14.2 Å². The molecule has 0 aromatic carbocycles. The van der Waals surface area contributed by atoms with E-state index in [9.17, 15) is 14.4 Å². The lowest BCUT2D eigenvalue weighted by Crippen LogP contribution is -2.34. The smallest absolute Gasteiger partial charge is 0.458 e. The van der Waals surface area contributed by atoms with E-state index in [0.29, 0.717) is 17.8 Å². The van der Waals surface area contributed by atoms with Crippen LogP contribution in [0.1, 0.15) is 18.9 Å². The second-order valence-corrected chi connectivity index (χ2v) is 6.00. The number of anilines is 1. The number of nitrogens with one attached hydrogen (secondary N) is 2. The molecule has 3 atom stereocenters. The highest BCUT2D eigenvalue weighted by molar-refractivity contribution is 14.1. The zero-order chi connectivity index (χ0) is 19.1. The Hall–Kier alpha value is -2.15. The summed E-state index contributed by atoms with van der Waals surface area (Å²) in [6.07, 6.45) is 0.733. The second kappa shape index (κ2) is 9.52. The van der Waals surface area contributed by atoms with Crippen LogP contribution in [-0.4, -0.2) is 54.2 Å². The quantitative estimate of drug-likeness (QED) is 0.460. The van der Waals surface area contributed by atoms with Crippen molar-refractivity contribution in [2.24, 2.45) is 0 Å². The molecule has 1 saturated heterocycles. The van der Waals surface area contributed by atoms with E-state index in [1.807, 2.05) is 22.6 Å². The molecule has 11 heteroatoms. The molecule has 26 heavy (non-hydrogen) atoms. The van der Waals surface area contributed by atoms with Crippen LogP contribution >= 0.6 is 22.6 Å². The van der Waals surface area contributed by atoms with Gasteiger partial charge in [0, 0.05) is 25.1 Å². The number of hydrogen-bond donors (Lipinski definition) is 2. The molecule has 1 aliphatic rings. The summed E-state index contributed by atoms with van der Waals surface area (Å²) in [7, 11) is 1.20. The van der Waals surface area contributed by atoms with Gasteiger partial charge in [0.25, 0.3) is 0 Å². The first-order valence-corrected chi connectivity index (χ1v) is 8.83. The van der Waals surface area contributed by atoms with Crippen LogP contribution in [0.25, 0.3) is 6.08 Å². The van der Waals surface area contributed by atoms with Gasteiger partial charge >= 0.3 is 17.8 Å². The molecule has 142 valence electrons. The van der Waals surface area contributed by atoms with Gasteiger partial charge in [-0.3, -0.25) is 9.78 Å². The summed E-state index contributed by atoms with van der Waals surface area (Å²) in [5.41, 5.74) is 0.0872. The van der Waals surface area contributed by atoms with Gasteiger partial charge in [-0.05, 0) is 10.2 Å². The number of nitrogens with zero attached hydrogens (tertiary/aromatic N) is 1. The van der Waals surface area contributed by atoms with Crippen molar-refractivity contribution in [2.75, 3.05) is 19.0 Å². The zero-order valence-electron chi connectivity index (χ0n) is 14.1. The predicted octanol–water partition coefficient (Wildman–Crippen LogP) is 1.42. The summed E-state index contributed by atoms with van der Waals surface area (Å²) in [5, 5.41) is 3.00. The molecule has 1 fully saturated rings. The minimum atomic E-state index is -0.832. The second-order valence-electron chi connectivity index (χ2n) is 5.28. The van der Waals surface area contributed by atoms with Gasteiger partial charge < -0.3 is 24.3 Å². The van der Waals surface area contributed by atoms with Crippen molar-refractivity contribution < 1.29 is 28.5 Å². The molecule has 0 unspecified atom stereocenters. The monoisotopic (exact) mass is 479 g/mol. The van der Waals surface area contributed by atoms with Gasteiger partial charge in [-0.1, -0.05) is 22.6 Å². The highest BCUT2D eigenvalue weighted by Gasteiger charge is 2.38. The Balaban J connectivity index is 2.14. The van der Waals surface area contributed by atoms with Crippen molar-refractivity contribution in [3.8, 4) is 0 Å². The lowest BCUT2D eigenvalue weighted by molar-refractivity contribution is -0.148. The van der Waals surface area contributed by atoms with E-state index in [2.05, 4.69) is 20.0 Å². The van der Waals surface area contributed by atoms with Crippen molar-refractivity contribution in [3.05, 3.63) is 26.3 Å². The number of rotatable bonds is 6. The Morgan fingerprint density at radius 2 is 2.31 bits per heavy atom. The van der Waals surface area contributed by atoms with E-state index >= 15 is 0 Å². The molecule has 0 aliphatic carbocycles. The number of methoxy groups -OCH3 is 1. The number of aromatic amines is 1. The lowest BCUT2D eigenvalue weighted by atomic mass is 10.2. The largest absolute Gasteiger partial charge is 0.508 e. The molecule has 2 rings (SSSR count). The molecule has 1 aromatic heterocycles. The van der Waals surface area contributed by atoms with E-state index in [1.54, 1.807) is 10.2 Å². The molecule has 2 N–H and O–H groups in total. The summed E-state index contributed by atoms with van der Waals surface area (Å²) in [6.45, 7) is 1.23. The first-order chi connectivity index (χ1) is 12.4. The maximum Gasteiger partial charge on any atom is 0.508 e. The maximum absolute atomic E-state index is 11.5. The van der Waals surface area contributed by atoms with E-state index in [1.165, 1.54) is 20.2 Å². The van der Waals surface area contributed by atoms with Crippen LogP contribution in [-0.2, 0) is 23.7 Å². The highest BCUT2D eigenvalue weighted by Crippen LogP contribution is 2.26. The SMILES string of the molecule is COC(=O)OC[C@@H]1C[C@@H](OC(C)=O)[C@H](Nc2[nH]c(=O)ncc2C=CI)O1. The number of H-pyrrole nitrogens is 1. The van der Waals surface area contributed by atoms with Crippen molar-refractivity contribution >= 4 is 46.6 Å². The number of aromatic nitrogens is 2. The van der Waals surface area contributed by atoms with Gasteiger partial charge in [0.1, 0.15) is 18.5 Å². The van der Waals surface area contributed by atoms with Gasteiger partial charge in [0.15, 0.2) is 6.23 Å². The fourth-order valence-corrected chi connectivity index (χ4v) is 2.76. The molecule has 0 radical (unpaired) electrons. The lowest BCUT2D eigenvalue weighted by Gasteiger charge is -2.21. The first-order valence-electron chi connectivity index (χ1n) is 7.59. The van der Waals surface area contributed by atoms with Gasteiger partial charge in [-0.2, -0.15) is 0 Å². The summed E-state index contributed by atoms with van der Waals surface area (Å²) in [6, 6.07) is 0. The standard InChI is InChI=1S/C15H18IN3O7/c1-8(20)25-11-5-10(7-24-15(22)23-2)26-13(11)18-12-9(3-4-16)6-17-14(21)19-12/h3-4,6,10-11,13H,5,7H2,1-2H3,(H2,17,18,19,21)/t10-,11+,13+/m0/s1. The van der Waals surface area contributed by atoms with E-state index < -0.39 is 36.3 Å². The number of carbonyl (C=O) groups excluding carboxylic acids is 2. The third-order valence-corrected chi connectivity index (χ3v) is 3.77. The topological polar surface area (TPSA) is 129 Å². The molecular formula is C15H18IN3O7. The van der Waals surface area contributed by atoms with Gasteiger partial charge in [-0.25, -0.2) is 14.6 Å². The van der Waals surface area contributed by atoms with Crippen LogP contribution in [0.4, 0.5) is 10.6 Å². The van der Waals surface area contributed by atoms with Gasteiger partial charge in [-0.15, -0.1) is 0 Å². The Kier molecular flexibility index (Phi) is 7.38. The summed E-state index contributed by atoms with van der Waals surface area (Å²) in [4.78, 5) is 40.2. The molecule has 0 bridgehead atoms. The maximum atomic E-state index is 11.5. The number of esters is 1. The van der Waals surface area contributed by atoms with Crippen LogP contribution in [0.15, 0.2) is 15.1 Å². The highest BCUT2D eigenvalue weighted by atomic mass is 127. The summed E-state index contributed by atoms with van der Waals surface area (Å²) in [5.74, 6) is -0.106. The molecule has 10 nitrogen and oxygen atoms in total. The normalized spacial score (nSPS) is 22.2. The fourth-order valence-electron chi connectivity index (χ4n) is 2.37. The first kappa shape index (κ1) is 20.2. The van der Waals surface area contributed by atoms with Gasteiger partial charge in [0.05, 0.1) is 13.2 Å². The zero-order valence-corrected chi connectivity index (χ0v) is 16.2. The number of carbonyl (C=O) groups is 2. The summed E-state index contributed by atoms with van der Waals surface area (Å²) >= 11 is 2.04. The average molecular weight is 479 g/mol. The Bertz CT molecular complexity index is 736. The number of halogens is 1. The van der Waals surface area contributed by atoms with Crippen molar-refractivity contribution in [3.63, 3.8) is 0 Å².